The monoisotopic (exact) mass is 254 g/mol. The van der Waals surface area contributed by atoms with Gasteiger partial charge in [0.2, 0.25) is 0 Å². The minimum Gasteiger partial charge on any atom is -0.396 e. The van der Waals surface area contributed by atoms with Crippen LogP contribution in [0, 0.1) is 22.7 Å². The smallest absolute Gasteiger partial charge is 0.0618 e. The van der Waals surface area contributed by atoms with Crippen molar-refractivity contribution in [3.8, 4) is 0 Å². The fraction of sp³-hybridized carbons (Fsp3) is 0.867. The normalized spacial score (nSPS) is 48.6. The van der Waals surface area contributed by atoms with E-state index in [1.807, 2.05) is 6.92 Å². The van der Waals surface area contributed by atoms with E-state index in [1.165, 1.54) is 5.57 Å². The number of fused-ring (bicyclic) bond motifs is 1. The number of hydrogen-bond acceptors (Lipinski definition) is 3. The molecule has 2 aliphatic rings. The van der Waals surface area contributed by atoms with Gasteiger partial charge in [-0.2, -0.15) is 0 Å². The molecule has 0 radical (unpaired) electrons. The quantitative estimate of drug-likeness (QED) is 0.658. The van der Waals surface area contributed by atoms with Crippen LogP contribution in [-0.4, -0.2) is 34.6 Å². The summed E-state index contributed by atoms with van der Waals surface area (Å²) in [5.74, 6) is 0.397. The summed E-state index contributed by atoms with van der Waals surface area (Å²) < 4.78 is 0. The van der Waals surface area contributed by atoms with Crippen LogP contribution in [0.5, 0.6) is 0 Å². The van der Waals surface area contributed by atoms with Crippen molar-refractivity contribution in [3.05, 3.63) is 11.6 Å². The van der Waals surface area contributed by atoms with E-state index >= 15 is 0 Å². The second-order valence-corrected chi connectivity index (χ2v) is 6.70. The van der Waals surface area contributed by atoms with E-state index in [2.05, 4.69) is 19.9 Å². The molecule has 0 spiro atoms. The lowest BCUT2D eigenvalue weighted by molar-refractivity contribution is -0.148. The van der Waals surface area contributed by atoms with Gasteiger partial charge in [-0.05, 0) is 37.5 Å². The van der Waals surface area contributed by atoms with Crippen LogP contribution >= 0.6 is 0 Å². The molecule has 0 heterocycles. The molecule has 2 rings (SSSR count). The van der Waals surface area contributed by atoms with Gasteiger partial charge in [-0.25, -0.2) is 0 Å². The highest BCUT2D eigenvalue weighted by atomic mass is 16.3. The summed E-state index contributed by atoms with van der Waals surface area (Å²) in [6.07, 6.45) is 4.27. The third-order valence-corrected chi connectivity index (χ3v) is 5.85. The van der Waals surface area contributed by atoms with Gasteiger partial charge in [-0.15, -0.1) is 0 Å². The highest BCUT2D eigenvalue weighted by Crippen LogP contribution is 2.59. The van der Waals surface area contributed by atoms with Crippen molar-refractivity contribution in [1.82, 2.24) is 0 Å². The van der Waals surface area contributed by atoms with Crippen LogP contribution < -0.4 is 0 Å². The van der Waals surface area contributed by atoms with Crippen molar-refractivity contribution < 1.29 is 15.3 Å². The Bertz CT molecular complexity index is 352. The summed E-state index contributed by atoms with van der Waals surface area (Å²) in [5, 5.41) is 29.7. The Hall–Kier alpha value is -0.380. The van der Waals surface area contributed by atoms with Crippen molar-refractivity contribution in [2.24, 2.45) is 22.7 Å². The zero-order valence-electron chi connectivity index (χ0n) is 11.7. The first-order chi connectivity index (χ1) is 8.40. The van der Waals surface area contributed by atoms with E-state index in [-0.39, 0.29) is 30.5 Å². The van der Waals surface area contributed by atoms with Gasteiger partial charge in [-0.3, -0.25) is 0 Å². The Kier molecular flexibility index (Phi) is 3.60. The fourth-order valence-electron chi connectivity index (χ4n) is 4.43. The average molecular weight is 254 g/mol. The van der Waals surface area contributed by atoms with Crippen LogP contribution in [0.1, 0.15) is 40.0 Å². The largest absolute Gasteiger partial charge is 0.396 e. The van der Waals surface area contributed by atoms with Crippen LogP contribution in [0.4, 0.5) is 0 Å². The Labute approximate surface area is 110 Å². The molecule has 0 aromatic heterocycles. The molecule has 0 aliphatic heterocycles. The number of hydrogen-bond donors (Lipinski definition) is 3. The van der Waals surface area contributed by atoms with Crippen LogP contribution in [0.15, 0.2) is 11.6 Å². The van der Waals surface area contributed by atoms with Crippen molar-refractivity contribution in [1.29, 1.82) is 0 Å². The predicted octanol–water partition coefficient (Wildman–Crippen LogP) is 1.72. The Morgan fingerprint density at radius 1 is 1.33 bits per heavy atom. The topological polar surface area (TPSA) is 60.7 Å². The molecule has 2 aliphatic carbocycles. The third kappa shape index (κ3) is 1.75. The van der Waals surface area contributed by atoms with E-state index in [0.29, 0.717) is 6.42 Å². The fourth-order valence-corrected chi connectivity index (χ4v) is 4.43. The molecule has 3 nitrogen and oxygen atoms in total. The molecule has 5 atom stereocenters. The van der Waals surface area contributed by atoms with Gasteiger partial charge in [0, 0.05) is 11.3 Å². The van der Waals surface area contributed by atoms with Crippen molar-refractivity contribution in [2.45, 2.75) is 46.1 Å². The summed E-state index contributed by atoms with van der Waals surface area (Å²) >= 11 is 0. The summed E-state index contributed by atoms with van der Waals surface area (Å²) in [6, 6.07) is 0. The molecule has 0 aromatic rings. The molecule has 1 fully saturated rings. The Morgan fingerprint density at radius 2 is 2.00 bits per heavy atom. The molecule has 0 aromatic carbocycles. The number of aliphatic hydroxyl groups is 3. The van der Waals surface area contributed by atoms with E-state index in [4.69, 9.17) is 0 Å². The van der Waals surface area contributed by atoms with E-state index in [0.717, 1.165) is 12.8 Å². The number of allylic oxidation sites excluding steroid dienone is 1. The lowest BCUT2D eigenvalue weighted by Crippen LogP contribution is -2.57. The minimum absolute atomic E-state index is 0.00963. The van der Waals surface area contributed by atoms with E-state index < -0.39 is 11.5 Å². The van der Waals surface area contributed by atoms with Gasteiger partial charge >= 0.3 is 0 Å². The van der Waals surface area contributed by atoms with Gasteiger partial charge in [0.05, 0.1) is 19.3 Å². The third-order valence-electron chi connectivity index (χ3n) is 5.85. The molecule has 18 heavy (non-hydrogen) atoms. The summed E-state index contributed by atoms with van der Waals surface area (Å²) in [4.78, 5) is 0. The van der Waals surface area contributed by atoms with Crippen molar-refractivity contribution in [3.63, 3.8) is 0 Å². The van der Waals surface area contributed by atoms with Crippen LogP contribution in [0.2, 0.25) is 0 Å². The molecule has 3 N–H and O–H groups in total. The maximum atomic E-state index is 10.3. The molecule has 0 unspecified atom stereocenters. The molecule has 0 saturated heterocycles. The van der Waals surface area contributed by atoms with Gasteiger partial charge in [0.15, 0.2) is 0 Å². The zero-order chi connectivity index (χ0) is 13.6. The molecular formula is C15H26O3. The van der Waals surface area contributed by atoms with Gasteiger partial charge in [0.25, 0.3) is 0 Å². The minimum atomic E-state index is -0.447. The first kappa shape index (κ1) is 14.0. The molecule has 0 bridgehead atoms. The number of rotatable bonds is 2. The molecular weight excluding hydrogens is 228 g/mol. The second-order valence-electron chi connectivity index (χ2n) is 6.70. The van der Waals surface area contributed by atoms with Crippen molar-refractivity contribution >= 4 is 0 Å². The average Bonchev–Trinajstić information content (AvgIpc) is 2.34. The summed E-state index contributed by atoms with van der Waals surface area (Å²) in [6.45, 7) is 6.47. The zero-order valence-corrected chi connectivity index (χ0v) is 11.7. The highest BCUT2D eigenvalue weighted by Gasteiger charge is 2.56. The van der Waals surface area contributed by atoms with Crippen molar-refractivity contribution in [2.75, 3.05) is 13.2 Å². The lowest BCUT2D eigenvalue weighted by atomic mass is 9.47. The lowest BCUT2D eigenvalue weighted by Gasteiger charge is -2.58. The predicted molar refractivity (Wildman–Crippen MR) is 71.0 cm³/mol. The van der Waals surface area contributed by atoms with Crippen LogP contribution in [-0.2, 0) is 0 Å². The van der Waals surface area contributed by atoms with Crippen LogP contribution in [0.3, 0.4) is 0 Å². The Morgan fingerprint density at radius 3 is 2.56 bits per heavy atom. The summed E-state index contributed by atoms with van der Waals surface area (Å²) in [7, 11) is 0. The SMILES string of the molecule is CC1=CC[C@@H]2[C@](C)(CC[C@@H](O)[C@]2(C)CO)[C@H]1CO. The second kappa shape index (κ2) is 4.62. The van der Waals surface area contributed by atoms with E-state index in [9.17, 15) is 15.3 Å². The van der Waals surface area contributed by atoms with Gasteiger partial charge < -0.3 is 15.3 Å². The first-order valence-electron chi connectivity index (χ1n) is 6.96. The Balaban J connectivity index is 2.43. The molecule has 104 valence electrons. The molecule has 0 amide bonds. The highest BCUT2D eigenvalue weighted by molar-refractivity contribution is 5.19. The first-order valence-corrected chi connectivity index (χ1v) is 6.96. The molecule has 1 saturated carbocycles. The number of aliphatic hydroxyl groups excluding tert-OH is 3. The maximum absolute atomic E-state index is 10.3. The molecule has 3 heteroatoms. The maximum Gasteiger partial charge on any atom is 0.0618 e. The summed E-state index contributed by atoms with van der Waals surface area (Å²) in [5.41, 5.74) is 0.801. The van der Waals surface area contributed by atoms with Crippen LogP contribution in [0.25, 0.3) is 0 Å². The van der Waals surface area contributed by atoms with Gasteiger partial charge in [-0.1, -0.05) is 25.5 Å². The van der Waals surface area contributed by atoms with Gasteiger partial charge in [0.1, 0.15) is 0 Å². The standard InChI is InChI=1S/C15H26O3/c1-10-4-5-12-14(2,11(10)8-16)7-6-13(18)15(12,3)9-17/h4,11-13,16-18H,5-9H2,1-3H3/t11-,12+,13+,14+,15+/m0/s1. The van der Waals surface area contributed by atoms with E-state index in [1.54, 1.807) is 0 Å².